The van der Waals surface area contributed by atoms with Gasteiger partial charge in [-0.25, -0.2) is 0 Å². The van der Waals surface area contributed by atoms with Crippen molar-refractivity contribution in [1.82, 2.24) is 9.78 Å². The number of aliphatic hydroxyl groups is 1. The molecule has 3 nitrogen and oxygen atoms in total. The second-order valence-electron chi connectivity index (χ2n) is 4.77. The molecular formula is C15H19ClN2O. The number of hydrogen-bond acceptors (Lipinski definition) is 2. The molecule has 2 rings (SSSR count). The van der Waals surface area contributed by atoms with Crippen molar-refractivity contribution in [3.05, 3.63) is 52.3 Å². The third kappa shape index (κ3) is 3.37. The molecule has 2 aromatic rings. The summed E-state index contributed by atoms with van der Waals surface area (Å²) in [7, 11) is 0. The zero-order chi connectivity index (χ0) is 13.8. The highest BCUT2D eigenvalue weighted by Gasteiger charge is 2.11. The third-order valence-electron chi connectivity index (χ3n) is 3.29. The number of halogens is 1. The van der Waals surface area contributed by atoms with Crippen molar-refractivity contribution in [2.24, 2.45) is 0 Å². The van der Waals surface area contributed by atoms with E-state index in [4.69, 9.17) is 11.6 Å². The summed E-state index contributed by atoms with van der Waals surface area (Å²) >= 11 is 5.95. The van der Waals surface area contributed by atoms with Gasteiger partial charge < -0.3 is 5.11 Å². The molecule has 0 spiro atoms. The molecule has 19 heavy (non-hydrogen) atoms. The SMILES string of the molecule is CCCc1ccc(C(O)Cn2ncc(Cl)c2C)cc1. The maximum Gasteiger partial charge on any atom is 0.0986 e. The van der Waals surface area contributed by atoms with Crippen LogP contribution in [0.15, 0.2) is 30.5 Å². The molecule has 1 aromatic carbocycles. The number of aryl methyl sites for hydroxylation is 1. The standard InChI is InChI=1S/C15H19ClN2O/c1-3-4-12-5-7-13(8-6-12)15(19)10-18-11(2)14(16)9-17-18/h5-9,15,19H,3-4,10H2,1-2H3. The molecule has 0 aliphatic rings. The smallest absolute Gasteiger partial charge is 0.0986 e. The summed E-state index contributed by atoms with van der Waals surface area (Å²) in [5, 5.41) is 15.0. The summed E-state index contributed by atoms with van der Waals surface area (Å²) < 4.78 is 1.73. The zero-order valence-electron chi connectivity index (χ0n) is 11.3. The van der Waals surface area contributed by atoms with Crippen molar-refractivity contribution in [3.8, 4) is 0 Å². The van der Waals surface area contributed by atoms with Gasteiger partial charge in [0.15, 0.2) is 0 Å². The van der Waals surface area contributed by atoms with E-state index in [1.165, 1.54) is 5.56 Å². The van der Waals surface area contributed by atoms with Gasteiger partial charge in [-0.2, -0.15) is 5.10 Å². The maximum absolute atomic E-state index is 10.2. The van der Waals surface area contributed by atoms with Crippen molar-refractivity contribution < 1.29 is 5.11 Å². The van der Waals surface area contributed by atoms with Crippen LogP contribution >= 0.6 is 11.6 Å². The maximum atomic E-state index is 10.2. The van der Waals surface area contributed by atoms with Crippen LogP contribution < -0.4 is 0 Å². The quantitative estimate of drug-likeness (QED) is 0.909. The Morgan fingerprint density at radius 1 is 1.32 bits per heavy atom. The molecule has 0 saturated carbocycles. The van der Waals surface area contributed by atoms with Gasteiger partial charge in [-0.15, -0.1) is 0 Å². The summed E-state index contributed by atoms with van der Waals surface area (Å²) in [6.45, 7) is 4.48. The number of aliphatic hydroxyl groups excluding tert-OH is 1. The van der Waals surface area contributed by atoms with E-state index in [0.29, 0.717) is 11.6 Å². The van der Waals surface area contributed by atoms with Crippen LogP contribution in [0.4, 0.5) is 0 Å². The molecule has 0 amide bonds. The van der Waals surface area contributed by atoms with Gasteiger partial charge in [-0.05, 0) is 24.5 Å². The van der Waals surface area contributed by atoms with Crippen molar-refractivity contribution in [1.29, 1.82) is 0 Å². The molecule has 1 atom stereocenters. The first-order valence-corrected chi connectivity index (χ1v) is 6.94. The minimum absolute atomic E-state index is 0.422. The van der Waals surface area contributed by atoms with Crippen LogP contribution in [-0.4, -0.2) is 14.9 Å². The minimum atomic E-state index is -0.564. The topological polar surface area (TPSA) is 38.0 Å². The highest BCUT2D eigenvalue weighted by molar-refractivity contribution is 6.31. The Labute approximate surface area is 118 Å². The average Bonchev–Trinajstić information content (AvgIpc) is 2.72. The zero-order valence-corrected chi connectivity index (χ0v) is 12.1. The van der Waals surface area contributed by atoms with Gasteiger partial charge >= 0.3 is 0 Å². The van der Waals surface area contributed by atoms with Crippen molar-refractivity contribution in [2.75, 3.05) is 0 Å². The van der Waals surface area contributed by atoms with E-state index in [2.05, 4.69) is 24.2 Å². The monoisotopic (exact) mass is 278 g/mol. The fraction of sp³-hybridized carbons (Fsp3) is 0.400. The second-order valence-corrected chi connectivity index (χ2v) is 5.17. The molecule has 1 heterocycles. The van der Waals surface area contributed by atoms with Crippen LogP contribution in [0.3, 0.4) is 0 Å². The normalized spacial score (nSPS) is 12.6. The molecule has 0 bridgehead atoms. The van der Waals surface area contributed by atoms with E-state index in [1.807, 2.05) is 19.1 Å². The summed E-state index contributed by atoms with van der Waals surface area (Å²) in [6, 6.07) is 8.11. The third-order valence-corrected chi connectivity index (χ3v) is 3.66. The minimum Gasteiger partial charge on any atom is -0.386 e. The Bertz CT molecular complexity index is 534. The molecule has 0 saturated heterocycles. The lowest BCUT2D eigenvalue weighted by Gasteiger charge is -2.13. The molecule has 0 aliphatic carbocycles. The van der Waals surface area contributed by atoms with Gasteiger partial charge in [-0.3, -0.25) is 4.68 Å². The molecule has 0 fully saturated rings. The predicted molar refractivity (Wildman–Crippen MR) is 77.4 cm³/mol. The first-order valence-electron chi connectivity index (χ1n) is 6.56. The van der Waals surface area contributed by atoms with Gasteiger partial charge in [-0.1, -0.05) is 49.2 Å². The van der Waals surface area contributed by atoms with Gasteiger partial charge in [0.25, 0.3) is 0 Å². The summed E-state index contributed by atoms with van der Waals surface area (Å²) in [6.07, 6.45) is 3.25. The van der Waals surface area contributed by atoms with Crippen LogP contribution in [-0.2, 0) is 13.0 Å². The lowest BCUT2D eigenvalue weighted by molar-refractivity contribution is 0.150. The molecule has 0 radical (unpaired) electrons. The Morgan fingerprint density at radius 2 is 2.00 bits per heavy atom. The Balaban J connectivity index is 2.07. The molecular weight excluding hydrogens is 260 g/mol. The molecule has 0 aliphatic heterocycles. The largest absolute Gasteiger partial charge is 0.386 e. The van der Waals surface area contributed by atoms with Crippen LogP contribution in [0.2, 0.25) is 5.02 Å². The number of hydrogen-bond donors (Lipinski definition) is 1. The molecule has 1 aromatic heterocycles. The second kappa shape index (κ2) is 6.22. The van der Waals surface area contributed by atoms with Crippen molar-refractivity contribution in [2.45, 2.75) is 39.3 Å². The van der Waals surface area contributed by atoms with Crippen LogP contribution in [0, 0.1) is 6.92 Å². The lowest BCUT2D eigenvalue weighted by atomic mass is 10.0. The first kappa shape index (κ1) is 14.1. The summed E-state index contributed by atoms with van der Waals surface area (Å²) in [5.74, 6) is 0. The Morgan fingerprint density at radius 3 is 2.53 bits per heavy atom. The van der Waals surface area contributed by atoms with Gasteiger partial charge in [0.2, 0.25) is 0 Å². The fourth-order valence-corrected chi connectivity index (χ4v) is 2.21. The predicted octanol–water partition coefficient (Wildman–Crippen LogP) is 3.53. The van der Waals surface area contributed by atoms with Crippen LogP contribution in [0.5, 0.6) is 0 Å². The van der Waals surface area contributed by atoms with Gasteiger partial charge in [0.05, 0.1) is 29.6 Å². The molecule has 1 unspecified atom stereocenters. The van der Waals surface area contributed by atoms with Crippen LogP contribution in [0.1, 0.15) is 36.3 Å². The average molecular weight is 279 g/mol. The van der Waals surface area contributed by atoms with E-state index < -0.39 is 6.10 Å². The van der Waals surface area contributed by atoms with E-state index in [9.17, 15) is 5.11 Å². The van der Waals surface area contributed by atoms with E-state index in [-0.39, 0.29) is 0 Å². The Kier molecular flexibility index (Phi) is 4.61. The van der Waals surface area contributed by atoms with Crippen LogP contribution in [0.25, 0.3) is 0 Å². The van der Waals surface area contributed by atoms with Crippen molar-refractivity contribution >= 4 is 11.6 Å². The summed E-state index contributed by atoms with van der Waals surface area (Å²) in [4.78, 5) is 0. The number of rotatable bonds is 5. The molecule has 102 valence electrons. The number of nitrogens with zero attached hydrogens (tertiary/aromatic N) is 2. The van der Waals surface area contributed by atoms with Gasteiger partial charge in [0.1, 0.15) is 0 Å². The van der Waals surface area contributed by atoms with E-state index in [0.717, 1.165) is 24.1 Å². The lowest BCUT2D eigenvalue weighted by Crippen LogP contribution is -2.11. The highest BCUT2D eigenvalue weighted by atomic mass is 35.5. The molecule has 4 heteroatoms. The highest BCUT2D eigenvalue weighted by Crippen LogP contribution is 2.19. The Hall–Kier alpha value is -1.32. The number of aromatic nitrogens is 2. The van der Waals surface area contributed by atoms with Crippen molar-refractivity contribution in [3.63, 3.8) is 0 Å². The fourth-order valence-electron chi connectivity index (χ4n) is 2.07. The summed E-state index contributed by atoms with van der Waals surface area (Å²) in [5.41, 5.74) is 3.09. The van der Waals surface area contributed by atoms with E-state index in [1.54, 1.807) is 10.9 Å². The molecule has 1 N–H and O–H groups in total. The van der Waals surface area contributed by atoms with E-state index >= 15 is 0 Å². The van der Waals surface area contributed by atoms with Gasteiger partial charge in [0, 0.05) is 0 Å². The number of benzene rings is 1. The first-order chi connectivity index (χ1) is 9.11.